The molecule has 1 aliphatic carbocycles. The highest BCUT2D eigenvalue weighted by Crippen LogP contribution is 2.33. The van der Waals surface area contributed by atoms with Crippen molar-refractivity contribution in [2.24, 2.45) is 11.1 Å². The molecule has 2 aliphatic rings. The van der Waals surface area contributed by atoms with Crippen LogP contribution in [-0.4, -0.2) is 62.9 Å². The van der Waals surface area contributed by atoms with E-state index in [0.717, 1.165) is 41.7 Å². The van der Waals surface area contributed by atoms with E-state index in [4.69, 9.17) is 4.42 Å². The Morgan fingerprint density at radius 1 is 1.25 bits per heavy atom. The zero-order valence-corrected chi connectivity index (χ0v) is 18.4. The molecule has 0 bridgehead atoms. The minimum absolute atomic E-state index is 0.153. The molecule has 1 aromatic heterocycles. The molecule has 0 spiro atoms. The topological polar surface area (TPSA) is 124 Å². The van der Waals surface area contributed by atoms with E-state index < -0.39 is 29.4 Å². The molecule has 0 saturated carbocycles. The minimum Gasteiger partial charge on any atom is -0.481 e. The Bertz CT molecular complexity index is 1130. The third-order valence-electron chi connectivity index (χ3n) is 6.73. The highest BCUT2D eigenvalue weighted by Gasteiger charge is 2.50. The Hall–Kier alpha value is -3.36. The molecule has 32 heavy (non-hydrogen) atoms. The molecule has 0 unspecified atom stereocenters. The maximum absolute atomic E-state index is 12.7. The van der Waals surface area contributed by atoms with Gasteiger partial charge in [0.1, 0.15) is 16.9 Å². The number of furan rings is 1. The SMILES string of the molecule is CN1C(=O)N(C[C@H](CC(=NO)c2ccc3c4c(oc3c2)CCCC4)C(=O)O)C(=O)C1(C)C. The summed E-state index contributed by atoms with van der Waals surface area (Å²) in [6, 6.07) is 4.90. The largest absolute Gasteiger partial charge is 0.481 e. The first-order chi connectivity index (χ1) is 15.1. The number of benzene rings is 1. The fraction of sp³-hybridized carbons (Fsp3) is 0.478. The van der Waals surface area contributed by atoms with Crippen molar-refractivity contribution in [1.82, 2.24) is 9.80 Å². The number of carboxylic acid groups (broad SMARTS) is 1. The van der Waals surface area contributed by atoms with Crippen LogP contribution in [0, 0.1) is 5.92 Å². The number of carboxylic acids is 1. The lowest BCUT2D eigenvalue weighted by atomic mass is 9.93. The molecule has 4 rings (SSSR count). The van der Waals surface area contributed by atoms with E-state index in [2.05, 4.69) is 5.16 Å². The molecule has 2 heterocycles. The van der Waals surface area contributed by atoms with Crippen LogP contribution in [0.2, 0.25) is 0 Å². The zero-order chi connectivity index (χ0) is 23.2. The number of rotatable bonds is 6. The summed E-state index contributed by atoms with van der Waals surface area (Å²) in [7, 11) is 1.51. The molecule has 1 aliphatic heterocycles. The lowest BCUT2D eigenvalue weighted by Crippen LogP contribution is -2.42. The smallest absolute Gasteiger partial charge is 0.327 e. The number of fused-ring (bicyclic) bond motifs is 3. The summed E-state index contributed by atoms with van der Waals surface area (Å²) in [5, 5.41) is 23.8. The second-order valence-corrected chi connectivity index (χ2v) is 9.02. The Kier molecular flexibility index (Phi) is 5.44. The Balaban J connectivity index is 1.58. The summed E-state index contributed by atoms with van der Waals surface area (Å²) in [6.07, 6.45) is 3.91. The van der Waals surface area contributed by atoms with Gasteiger partial charge in [-0.2, -0.15) is 0 Å². The number of aryl methyl sites for hydroxylation is 2. The van der Waals surface area contributed by atoms with Crippen molar-refractivity contribution in [3.05, 3.63) is 35.1 Å². The van der Waals surface area contributed by atoms with Gasteiger partial charge in [-0.3, -0.25) is 14.5 Å². The van der Waals surface area contributed by atoms with Crippen molar-refractivity contribution in [3.63, 3.8) is 0 Å². The third kappa shape index (κ3) is 3.51. The molecule has 1 atom stereocenters. The van der Waals surface area contributed by atoms with E-state index in [0.29, 0.717) is 11.1 Å². The van der Waals surface area contributed by atoms with E-state index in [1.54, 1.807) is 26.0 Å². The monoisotopic (exact) mass is 441 g/mol. The van der Waals surface area contributed by atoms with E-state index in [1.165, 1.54) is 17.5 Å². The van der Waals surface area contributed by atoms with Crippen molar-refractivity contribution in [1.29, 1.82) is 0 Å². The zero-order valence-electron chi connectivity index (χ0n) is 18.4. The van der Waals surface area contributed by atoms with Crippen molar-refractivity contribution in [2.45, 2.75) is 51.5 Å². The molecular formula is C23H27N3O6. The van der Waals surface area contributed by atoms with Crippen LogP contribution in [0.25, 0.3) is 11.0 Å². The molecule has 0 radical (unpaired) electrons. The minimum atomic E-state index is -1.19. The van der Waals surface area contributed by atoms with Crippen LogP contribution in [0.1, 0.15) is 50.0 Å². The van der Waals surface area contributed by atoms with Gasteiger partial charge in [-0.05, 0) is 39.2 Å². The van der Waals surface area contributed by atoms with Gasteiger partial charge >= 0.3 is 12.0 Å². The highest BCUT2D eigenvalue weighted by atomic mass is 16.4. The predicted molar refractivity (Wildman–Crippen MR) is 116 cm³/mol. The van der Waals surface area contributed by atoms with E-state index in [9.17, 15) is 24.7 Å². The number of nitrogens with zero attached hydrogens (tertiary/aromatic N) is 3. The number of carbonyl (C=O) groups excluding carboxylic acids is 2. The number of oxime groups is 1. The summed E-state index contributed by atoms with van der Waals surface area (Å²) in [5.41, 5.74) is 1.53. The van der Waals surface area contributed by atoms with Gasteiger partial charge < -0.3 is 19.6 Å². The van der Waals surface area contributed by atoms with Gasteiger partial charge in [-0.15, -0.1) is 0 Å². The van der Waals surface area contributed by atoms with E-state index in [-0.39, 0.29) is 18.7 Å². The third-order valence-corrected chi connectivity index (χ3v) is 6.73. The van der Waals surface area contributed by atoms with Gasteiger partial charge in [-0.25, -0.2) is 4.79 Å². The van der Waals surface area contributed by atoms with Crippen LogP contribution in [0.3, 0.4) is 0 Å². The van der Waals surface area contributed by atoms with Crippen LogP contribution in [0.15, 0.2) is 27.8 Å². The molecular weight excluding hydrogens is 414 g/mol. The number of carbonyl (C=O) groups is 3. The quantitative estimate of drug-likeness (QED) is 0.307. The predicted octanol–water partition coefficient (Wildman–Crippen LogP) is 3.25. The maximum Gasteiger partial charge on any atom is 0.327 e. The van der Waals surface area contributed by atoms with Gasteiger partial charge in [0.25, 0.3) is 5.91 Å². The second-order valence-electron chi connectivity index (χ2n) is 9.02. The molecule has 170 valence electrons. The number of amides is 3. The van der Waals surface area contributed by atoms with Gasteiger partial charge in [0.15, 0.2) is 0 Å². The van der Waals surface area contributed by atoms with Crippen LogP contribution >= 0.6 is 0 Å². The average Bonchev–Trinajstić information content (AvgIpc) is 3.21. The first kappa shape index (κ1) is 21.9. The molecule has 9 nitrogen and oxygen atoms in total. The Labute approximate surface area is 185 Å². The van der Waals surface area contributed by atoms with Crippen LogP contribution in [0.4, 0.5) is 4.79 Å². The average molecular weight is 441 g/mol. The van der Waals surface area contributed by atoms with E-state index in [1.807, 2.05) is 6.07 Å². The van der Waals surface area contributed by atoms with Gasteiger partial charge in [0, 0.05) is 42.9 Å². The number of aliphatic carboxylic acids is 1. The summed E-state index contributed by atoms with van der Waals surface area (Å²) >= 11 is 0. The fourth-order valence-corrected chi connectivity index (χ4v) is 4.49. The van der Waals surface area contributed by atoms with Crippen LogP contribution in [-0.2, 0) is 22.4 Å². The number of likely N-dealkylation sites (N-methyl/N-ethyl adjacent to an activating group) is 1. The summed E-state index contributed by atoms with van der Waals surface area (Å²) in [6.45, 7) is 2.92. The fourth-order valence-electron chi connectivity index (χ4n) is 4.49. The normalized spacial score (nSPS) is 19.5. The summed E-state index contributed by atoms with van der Waals surface area (Å²) in [5.74, 6) is -1.79. The Morgan fingerprint density at radius 3 is 2.59 bits per heavy atom. The van der Waals surface area contributed by atoms with Crippen LogP contribution < -0.4 is 0 Å². The van der Waals surface area contributed by atoms with Gasteiger partial charge in [0.05, 0.1) is 11.6 Å². The molecule has 2 N–H and O–H groups in total. The van der Waals surface area contributed by atoms with Gasteiger partial charge in [-0.1, -0.05) is 17.3 Å². The number of urea groups is 1. The van der Waals surface area contributed by atoms with Crippen molar-refractivity contribution in [2.75, 3.05) is 13.6 Å². The first-order valence-corrected chi connectivity index (χ1v) is 10.7. The number of imide groups is 1. The van der Waals surface area contributed by atoms with Crippen molar-refractivity contribution in [3.8, 4) is 0 Å². The molecule has 1 aromatic carbocycles. The van der Waals surface area contributed by atoms with Crippen molar-refractivity contribution >= 4 is 34.6 Å². The molecule has 3 amide bonds. The number of hydrogen-bond donors (Lipinski definition) is 2. The summed E-state index contributed by atoms with van der Waals surface area (Å²) < 4.78 is 5.99. The van der Waals surface area contributed by atoms with E-state index >= 15 is 0 Å². The number of hydrogen-bond acceptors (Lipinski definition) is 6. The molecule has 9 heteroatoms. The first-order valence-electron chi connectivity index (χ1n) is 10.7. The molecule has 1 saturated heterocycles. The van der Waals surface area contributed by atoms with Crippen LogP contribution in [0.5, 0.6) is 0 Å². The van der Waals surface area contributed by atoms with Crippen molar-refractivity contribution < 1.29 is 29.1 Å². The van der Waals surface area contributed by atoms with Gasteiger partial charge in [0.2, 0.25) is 0 Å². The summed E-state index contributed by atoms with van der Waals surface area (Å²) in [4.78, 5) is 39.4. The Morgan fingerprint density at radius 2 is 1.97 bits per heavy atom. The lowest BCUT2D eigenvalue weighted by Gasteiger charge is -2.22. The molecule has 1 fully saturated rings. The molecule has 2 aromatic rings. The second kappa shape index (κ2) is 7.96. The lowest BCUT2D eigenvalue weighted by molar-refractivity contribution is -0.142. The standard InChI is InChI=1S/C23H27N3O6/c1-23(2)21(29)26(22(30)25(23)3)12-14(20(27)28)10-17(24-31)13-8-9-16-15-6-4-5-7-18(15)32-19(16)11-13/h8-9,11,14,31H,4-7,10,12H2,1-3H3,(H,27,28)/t14-/m0/s1. The highest BCUT2D eigenvalue weighted by molar-refractivity contribution is 6.07. The maximum atomic E-state index is 12.7.